The van der Waals surface area contributed by atoms with Crippen molar-refractivity contribution in [3.63, 3.8) is 0 Å². The van der Waals surface area contributed by atoms with Gasteiger partial charge in [-0.1, -0.05) is 23.2 Å². The van der Waals surface area contributed by atoms with Gasteiger partial charge in [-0.3, -0.25) is 0 Å². The van der Waals surface area contributed by atoms with E-state index in [4.69, 9.17) is 23.2 Å². The minimum Gasteiger partial charge on any atom is -0.210 e. The number of rotatable bonds is 3. The van der Waals surface area contributed by atoms with Crippen molar-refractivity contribution in [2.24, 2.45) is 0 Å². The van der Waals surface area contributed by atoms with Crippen molar-refractivity contribution in [2.75, 3.05) is 0 Å². The molecule has 0 aromatic heterocycles. The minimum atomic E-state index is -5.06. The lowest BCUT2D eigenvalue weighted by Crippen LogP contribution is -2.21. The summed E-state index contributed by atoms with van der Waals surface area (Å²) in [6, 6.07) is 0. The summed E-state index contributed by atoms with van der Waals surface area (Å²) < 4.78 is 45.2. The topological polar surface area (TPSA) is 18.5 Å². The summed E-state index contributed by atoms with van der Waals surface area (Å²) in [5.74, 6) is 0. The standard InChI is InChI=1S/C3H2Cl2F4O2/c4-1(5)2(6)10-11-3(7,8)9/h1-2H. The third-order valence-electron chi connectivity index (χ3n) is 0.433. The van der Waals surface area contributed by atoms with Crippen LogP contribution in [0.2, 0.25) is 0 Å². The summed E-state index contributed by atoms with van der Waals surface area (Å²) in [5.41, 5.74) is 0. The lowest BCUT2D eigenvalue weighted by molar-refractivity contribution is -0.506. The number of alkyl halides is 6. The van der Waals surface area contributed by atoms with E-state index in [1.807, 2.05) is 0 Å². The molecule has 0 aliphatic heterocycles. The van der Waals surface area contributed by atoms with Crippen molar-refractivity contribution in [3.8, 4) is 0 Å². The molecule has 0 amide bonds. The van der Waals surface area contributed by atoms with Crippen molar-refractivity contribution >= 4 is 23.2 Å². The van der Waals surface area contributed by atoms with E-state index < -0.39 is 17.6 Å². The molecule has 68 valence electrons. The quantitative estimate of drug-likeness (QED) is 0.313. The molecule has 0 N–H and O–H groups in total. The van der Waals surface area contributed by atoms with Gasteiger partial charge in [-0.15, -0.1) is 18.1 Å². The molecule has 1 atom stereocenters. The molecular formula is C3H2Cl2F4O2. The molecule has 0 bridgehead atoms. The van der Waals surface area contributed by atoms with Gasteiger partial charge in [0.25, 0.3) is 6.36 Å². The molecule has 0 radical (unpaired) electrons. The fraction of sp³-hybridized carbons (Fsp3) is 1.00. The Morgan fingerprint density at radius 3 is 1.91 bits per heavy atom. The molecule has 0 aliphatic rings. The van der Waals surface area contributed by atoms with Crippen LogP contribution in [0, 0.1) is 0 Å². The van der Waals surface area contributed by atoms with Crippen LogP contribution in [0.4, 0.5) is 17.6 Å². The van der Waals surface area contributed by atoms with Crippen molar-refractivity contribution in [1.29, 1.82) is 0 Å². The predicted molar refractivity (Wildman–Crippen MR) is 28.6 cm³/mol. The van der Waals surface area contributed by atoms with E-state index >= 15 is 0 Å². The molecular weight excluding hydrogens is 215 g/mol. The Balaban J connectivity index is 3.54. The second-order valence-electron chi connectivity index (χ2n) is 1.31. The maximum absolute atomic E-state index is 11.9. The lowest BCUT2D eigenvalue weighted by atomic mass is 10.8. The average molecular weight is 217 g/mol. The van der Waals surface area contributed by atoms with E-state index in [1.165, 1.54) is 0 Å². The van der Waals surface area contributed by atoms with Crippen LogP contribution >= 0.6 is 23.2 Å². The molecule has 0 aromatic rings. The van der Waals surface area contributed by atoms with E-state index in [1.54, 1.807) is 0 Å². The van der Waals surface area contributed by atoms with Crippen molar-refractivity contribution in [3.05, 3.63) is 0 Å². The molecule has 0 fully saturated rings. The predicted octanol–water partition coefficient (Wildman–Crippen LogP) is 2.55. The van der Waals surface area contributed by atoms with Crippen molar-refractivity contribution < 1.29 is 27.3 Å². The molecule has 2 nitrogen and oxygen atoms in total. The molecule has 0 saturated heterocycles. The van der Waals surface area contributed by atoms with Crippen molar-refractivity contribution in [1.82, 2.24) is 0 Å². The molecule has 0 aromatic carbocycles. The summed E-state index contributed by atoms with van der Waals surface area (Å²) in [4.78, 5) is 4.00. The van der Waals surface area contributed by atoms with E-state index in [2.05, 4.69) is 9.78 Å². The first-order chi connectivity index (χ1) is 4.83. The Kier molecular flexibility index (Phi) is 4.38. The Bertz CT molecular complexity index is 116. The van der Waals surface area contributed by atoms with Gasteiger partial charge < -0.3 is 0 Å². The van der Waals surface area contributed by atoms with Crippen molar-refractivity contribution in [2.45, 2.75) is 17.6 Å². The van der Waals surface area contributed by atoms with Gasteiger partial charge in [0.1, 0.15) is 0 Å². The Morgan fingerprint density at radius 2 is 1.64 bits per heavy atom. The largest absolute Gasteiger partial charge is 0.549 e. The summed E-state index contributed by atoms with van der Waals surface area (Å²) in [7, 11) is 0. The maximum atomic E-state index is 11.9. The summed E-state index contributed by atoms with van der Waals surface area (Å²) >= 11 is 9.55. The maximum Gasteiger partial charge on any atom is 0.549 e. The van der Waals surface area contributed by atoms with E-state index in [0.717, 1.165) is 0 Å². The molecule has 1 unspecified atom stereocenters. The zero-order valence-corrected chi connectivity index (χ0v) is 6.25. The number of hydrogen-bond acceptors (Lipinski definition) is 2. The third-order valence-corrected chi connectivity index (χ3v) is 0.829. The van der Waals surface area contributed by atoms with Gasteiger partial charge in [0, 0.05) is 0 Å². The van der Waals surface area contributed by atoms with Gasteiger partial charge in [-0.2, -0.15) is 4.89 Å². The van der Waals surface area contributed by atoms with Crippen LogP contribution in [0.15, 0.2) is 0 Å². The zero-order chi connectivity index (χ0) is 9.07. The summed E-state index contributed by atoms with van der Waals surface area (Å²) in [6.07, 6.45) is -7.59. The van der Waals surface area contributed by atoms with Gasteiger partial charge in [0.15, 0.2) is 4.84 Å². The summed E-state index contributed by atoms with van der Waals surface area (Å²) in [6.45, 7) is 0. The van der Waals surface area contributed by atoms with E-state index in [9.17, 15) is 17.6 Å². The van der Waals surface area contributed by atoms with Crippen LogP contribution in [0.3, 0.4) is 0 Å². The molecule has 8 heteroatoms. The highest BCUT2D eigenvalue weighted by Crippen LogP contribution is 2.20. The Labute approximate surface area is 68.9 Å². The Hall–Kier alpha value is 0.220. The van der Waals surface area contributed by atoms with Crippen LogP contribution in [-0.2, 0) is 9.78 Å². The highest BCUT2D eigenvalue weighted by Gasteiger charge is 2.33. The monoisotopic (exact) mass is 216 g/mol. The highest BCUT2D eigenvalue weighted by molar-refractivity contribution is 6.44. The molecule has 11 heavy (non-hydrogen) atoms. The van der Waals surface area contributed by atoms with Gasteiger partial charge in [-0.05, 0) is 0 Å². The number of halogens is 6. The smallest absolute Gasteiger partial charge is 0.210 e. The van der Waals surface area contributed by atoms with Crippen LogP contribution in [0.5, 0.6) is 0 Å². The fourth-order valence-electron chi connectivity index (χ4n) is 0.143. The second-order valence-corrected chi connectivity index (χ2v) is 2.47. The molecule has 0 aliphatic carbocycles. The SMILES string of the molecule is FC(OOC(F)(F)F)C(Cl)Cl. The van der Waals surface area contributed by atoms with Crippen LogP contribution in [0.25, 0.3) is 0 Å². The lowest BCUT2D eigenvalue weighted by Gasteiger charge is -2.09. The molecule has 0 heterocycles. The summed E-state index contributed by atoms with van der Waals surface area (Å²) in [5, 5.41) is 0. The van der Waals surface area contributed by atoms with Crippen LogP contribution in [0.1, 0.15) is 0 Å². The van der Waals surface area contributed by atoms with E-state index in [0.29, 0.717) is 0 Å². The number of hydrogen-bond donors (Lipinski definition) is 0. The minimum absolute atomic E-state index is 1.72. The van der Waals surface area contributed by atoms with Crippen LogP contribution in [-0.4, -0.2) is 17.6 Å². The molecule has 0 spiro atoms. The van der Waals surface area contributed by atoms with Gasteiger partial charge in [0.05, 0.1) is 0 Å². The normalized spacial score (nSPS) is 15.5. The van der Waals surface area contributed by atoms with Gasteiger partial charge >= 0.3 is 6.36 Å². The fourth-order valence-corrected chi connectivity index (χ4v) is 0.227. The van der Waals surface area contributed by atoms with Gasteiger partial charge in [0.2, 0.25) is 0 Å². The first-order valence-electron chi connectivity index (χ1n) is 2.16. The molecule has 0 saturated carbocycles. The first-order valence-corrected chi connectivity index (χ1v) is 3.03. The first kappa shape index (κ1) is 11.2. The van der Waals surface area contributed by atoms with Gasteiger partial charge in [-0.25, -0.2) is 4.39 Å². The second kappa shape index (κ2) is 4.30. The third kappa shape index (κ3) is 6.61. The average Bonchev–Trinajstić information content (AvgIpc) is 1.80. The Morgan fingerprint density at radius 1 is 1.18 bits per heavy atom. The highest BCUT2D eigenvalue weighted by atomic mass is 35.5. The zero-order valence-electron chi connectivity index (χ0n) is 4.74. The van der Waals surface area contributed by atoms with Crippen LogP contribution < -0.4 is 0 Å². The van der Waals surface area contributed by atoms with E-state index in [-0.39, 0.29) is 0 Å². The molecule has 0 rings (SSSR count).